The van der Waals surface area contributed by atoms with Crippen molar-refractivity contribution in [3.8, 4) is 0 Å². The van der Waals surface area contributed by atoms with Crippen molar-refractivity contribution in [1.29, 1.82) is 0 Å². The zero-order valence-corrected chi connectivity index (χ0v) is 15.7. The molecule has 0 saturated carbocycles. The molecule has 1 aromatic carbocycles. The van der Waals surface area contributed by atoms with Crippen molar-refractivity contribution in [3.05, 3.63) is 48.1 Å². The van der Waals surface area contributed by atoms with E-state index in [0.717, 1.165) is 6.07 Å². The molecule has 4 atom stereocenters. The standard InChI is InChI=1S/C18H18F2N6O4/c1-21-17(29)14-12(27)13(28)18(30-14)26-7-25-11-15(23-6-24-16(11)26)22-5-8-2-9(19)4-10(20)3-8/h2-4,6-7,12-14,18,27-28H,5H2,1H3,(H,21,29)(H,22,23,24)/t12-,13+,14-,18+/m0/s1. The minimum atomic E-state index is -1.44. The lowest BCUT2D eigenvalue weighted by atomic mass is 10.1. The smallest absolute Gasteiger partial charge is 0.251 e. The SMILES string of the molecule is CNC(=O)[C@H]1O[C@@H](n2cnc3c(NCc4cc(F)cc(F)c4)ncnc32)[C@H](O)[C@@H]1O. The van der Waals surface area contributed by atoms with Crippen molar-refractivity contribution in [1.82, 2.24) is 24.8 Å². The number of carbonyl (C=O) groups excluding carboxylic acids is 1. The summed E-state index contributed by atoms with van der Waals surface area (Å²) in [4.78, 5) is 24.3. The molecule has 30 heavy (non-hydrogen) atoms. The van der Waals surface area contributed by atoms with Gasteiger partial charge in [0.1, 0.15) is 30.2 Å². The first kappa shape index (κ1) is 20.1. The largest absolute Gasteiger partial charge is 0.387 e. The highest BCUT2D eigenvalue weighted by Crippen LogP contribution is 2.32. The number of anilines is 1. The van der Waals surface area contributed by atoms with Crippen LogP contribution in [0.25, 0.3) is 11.2 Å². The summed E-state index contributed by atoms with van der Waals surface area (Å²) < 4.78 is 33.6. The summed E-state index contributed by atoms with van der Waals surface area (Å²) in [7, 11) is 1.39. The number of fused-ring (bicyclic) bond motifs is 1. The number of aliphatic hydroxyl groups is 2. The van der Waals surface area contributed by atoms with Gasteiger partial charge in [0.25, 0.3) is 5.91 Å². The summed E-state index contributed by atoms with van der Waals surface area (Å²) in [5.41, 5.74) is 0.944. The number of nitrogens with zero attached hydrogens (tertiary/aromatic N) is 4. The lowest BCUT2D eigenvalue weighted by molar-refractivity contribution is -0.137. The fourth-order valence-corrected chi connectivity index (χ4v) is 3.31. The van der Waals surface area contributed by atoms with Crippen molar-refractivity contribution in [2.24, 2.45) is 0 Å². The van der Waals surface area contributed by atoms with Gasteiger partial charge in [-0.15, -0.1) is 0 Å². The second kappa shape index (κ2) is 7.89. The molecule has 12 heteroatoms. The first-order valence-corrected chi connectivity index (χ1v) is 8.98. The van der Waals surface area contributed by atoms with Crippen molar-refractivity contribution in [2.45, 2.75) is 31.1 Å². The molecule has 1 amide bonds. The molecule has 0 unspecified atom stereocenters. The fourth-order valence-electron chi connectivity index (χ4n) is 3.31. The maximum absolute atomic E-state index is 13.4. The molecule has 158 valence electrons. The van der Waals surface area contributed by atoms with Gasteiger partial charge in [0, 0.05) is 19.7 Å². The number of benzene rings is 1. The van der Waals surface area contributed by atoms with E-state index in [2.05, 4.69) is 25.6 Å². The highest BCUT2D eigenvalue weighted by atomic mass is 19.1. The lowest BCUT2D eigenvalue weighted by Crippen LogP contribution is -2.41. The fraction of sp³-hybridized carbons (Fsp3) is 0.333. The summed E-state index contributed by atoms with van der Waals surface area (Å²) in [6.07, 6.45) is -2.62. The first-order valence-electron chi connectivity index (χ1n) is 8.98. The molecule has 2 aromatic heterocycles. The molecule has 4 rings (SSSR count). The lowest BCUT2D eigenvalue weighted by Gasteiger charge is -2.16. The van der Waals surface area contributed by atoms with Gasteiger partial charge < -0.3 is 25.6 Å². The van der Waals surface area contributed by atoms with Gasteiger partial charge >= 0.3 is 0 Å². The van der Waals surface area contributed by atoms with Gasteiger partial charge in [-0.05, 0) is 17.7 Å². The number of hydrogen-bond acceptors (Lipinski definition) is 8. The van der Waals surface area contributed by atoms with Crippen LogP contribution < -0.4 is 10.6 Å². The van der Waals surface area contributed by atoms with Gasteiger partial charge in [0.05, 0.1) is 6.33 Å². The third-order valence-corrected chi connectivity index (χ3v) is 4.76. The zero-order valence-electron chi connectivity index (χ0n) is 15.7. The number of aromatic nitrogens is 4. The molecule has 0 bridgehead atoms. The van der Waals surface area contributed by atoms with Gasteiger partial charge in [0.15, 0.2) is 29.3 Å². The number of aliphatic hydroxyl groups excluding tert-OH is 2. The van der Waals surface area contributed by atoms with Gasteiger partial charge in [-0.3, -0.25) is 9.36 Å². The Morgan fingerprint density at radius 2 is 1.90 bits per heavy atom. The minimum absolute atomic E-state index is 0.0770. The molecule has 10 nitrogen and oxygen atoms in total. The van der Waals surface area contributed by atoms with Crippen LogP contribution in [0.1, 0.15) is 11.8 Å². The molecule has 0 spiro atoms. The first-order chi connectivity index (χ1) is 14.4. The topological polar surface area (TPSA) is 134 Å². The summed E-state index contributed by atoms with van der Waals surface area (Å²) in [6.45, 7) is 0.0770. The summed E-state index contributed by atoms with van der Waals surface area (Å²) in [5, 5.41) is 25.8. The molecule has 3 aromatic rings. The van der Waals surface area contributed by atoms with Crippen LogP contribution in [0.15, 0.2) is 30.9 Å². The quantitative estimate of drug-likeness (QED) is 0.456. The predicted octanol–water partition coefficient (Wildman–Crippen LogP) is 0.0818. The molecule has 1 fully saturated rings. The average Bonchev–Trinajstić information content (AvgIpc) is 3.27. The van der Waals surface area contributed by atoms with E-state index in [-0.39, 0.29) is 12.2 Å². The molecule has 1 saturated heterocycles. The molecule has 3 heterocycles. The van der Waals surface area contributed by atoms with E-state index < -0.39 is 42.1 Å². The molecule has 1 aliphatic heterocycles. The van der Waals surface area contributed by atoms with Crippen molar-refractivity contribution in [3.63, 3.8) is 0 Å². The molecule has 4 N–H and O–H groups in total. The second-order valence-electron chi connectivity index (χ2n) is 6.72. The van der Waals surface area contributed by atoms with Crippen LogP contribution >= 0.6 is 0 Å². The Kier molecular flexibility index (Phi) is 5.28. The molecular weight excluding hydrogens is 402 g/mol. The van der Waals surface area contributed by atoms with E-state index in [1.807, 2.05) is 0 Å². The molecule has 0 radical (unpaired) electrons. The van der Waals surface area contributed by atoms with E-state index in [0.29, 0.717) is 16.9 Å². The highest BCUT2D eigenvalue weighted by molar-refractivity contribution is 5.83. The number of nitrogens with one attached hydrogen (secondary N) is 2. The van der Waals surface area contributed by atoms with E-state index in [1.165, 1.54) is 36.4 Å². The number of carbonyl (C=O) groups is 1. The third kappa shape index (κ3) is 3.56. The number of ether oxygens (including phenoxy) is 1. The number of imidazole rings is 1. The monoisotopic (exact) mass is 420 g/mol. The Bertz CT molecular complexity index is 1070. The maximum atomic E-state index is 13.4. The van der Waals surface area contributed by atoms with Crippen LogP contribution in [0.3, 0.4) is 0 Å². The van der Waals surface area contributed by atoms with Crippen molar-refractivity contribution < 1.29 is 28.5 Å². The predicted molar refractivity (Wildman–Crippen MR) is 99.0 cm³/mol. The number of likely N-dealkylation sites (N-methyl/N-ethyl adjacent to an activating group) is 1. The summed E-state index contributed by atoms with van der Waals surface area (Å²) in [5.74, 6) is -1.67. The number of amides is 1. The van der Waals surface area contributed by atoms with Crippen LogP contribution in [-0.2, 0) is 16.1 Å². The highest BCUT2D eigenvalue weighted by Gasteiger charge is 2.47. The third-order valence-electron chi connectivity index (χ3n) is 4.76. The van der Waals surface area contributed by atoms with Crippen LogP contribution in [-0.4, -0.2) is 61.0 Å². The van der Waals surface area contributed by atoms with E-state index in [1.54, 1.807) is 0 Å². The van der Waals surface area contributed by atoms with Crippen LogP contribution in [0.5, 0.6) is 0 Å². The number of halogens is 2. The Hall–Kier alpha value is -3.22. The van der Waals surface area contributed by atoms with Crippen LogP contribution in [0.2, 0.25) is 0 Å². The maximum Gasteiger partial charge on any atom is 0.251 e. The average molecular weight is 420 g/mol. The normalized spacial score (nSPS) is 23.6. The minimum Gasteiger partial charge on any atom is -0.387 e. The van der Waals surface area contributed by atoms with Crippen LogP contribution in [0.4, 0.5) is 14.6 Å². The van der Waals surface area contributed by atoms with Gasteiger partial charge in [-0.25, -0.2) is 23.7 Å². The summed E-state index contributed by atoms with van der Waals surface area (Å²) >= 11 is 0. The van der Waals surface area contributed by atoms with Crippen molar-refractivity contribution >= 4 is 22.9 Å². The Morgan fingerprint density at radius 1 is 1.17 bits per heavy atom. The van der Waals surface area contributed by atoms with Gasteiger partial charge in [-0.1, -0.05) is 0 Å². The van der Waals surface area contributed by atoms with E-state index in [9.17, 15) is 23.8 Å². The molecule has 0 aliphatic carbocycles. The Balaban J connectivity index is 1.60. The van der Waals surface area contributed by atoms with E-state index in [4.69, 9.17) is 4.74 Å². The number of hydrogen-bond donors (Lipinski definition) is 4. The van der Waals surface area contributed by atoms with Crippen LogP contribution in [0, 0.1) is 11.6 Å². The zero-order chi connectivity index (χ0) is 21.4. The Labute approximate surface area is 168 Å². The van der Waals surface area contributed by atoms with E-state index >= 15 is 0 Å². The Morgan fingerprint density at radius 3 is 2.60 bits per heavy atom. The van der Waals surface area contributed by atoms with Gasteiger partial charge in [0.2, 0.25) is 0 Å². The summed E-state index contributed by atoms with van der Waals surface area (Å²) in [6, 6.07) is 3.16. The number of rotatable bonds is 5. The van der Waals surface area contributed by atoms with Crippen molar-refractivity contribution in [2.75, 3.05) is 12.4 Å². The molecule has 1 aliphatic rings. The van der Waals surface area contributed by atoms with Gasteiger partial charge in [-0.2, -0.15) is 0 Å². The second-order valence-corrected chi connectivity index (χ2v) is 6.72. The molecular formula is C18H18F2N6O4.